The van der Waals surface area contributed by atoms with Crippen LogP contribution in [0, 0.1) is 0 Å². The van der Waals surface area contributed by atoms with Crippen LogP contribution in [0.15, 0.2) is 76.9 Å². The summed E-state index contributed by atoms with van der Waals surface area (Å²) in [6.45, 7) is 0. The number of nitrogens with one attached hydrogen (secondary N) is 1. The van der Waals surface area contributed by atoms with Crippen LogP contribution in [0.4, 0.5) is 18.9 Å². The molecule has 1 N–H and O–H groups in total. The first-order valence-corrected chi connectivity index (χ1v) is 10.4. The van der Waals surface area contributed by atoms with Crippen LogP contribution in [0.3, 0.4) is 0 Å². The lowest BCUT2D eigenvalue weighted by atomic mass is 10.1. The summed E-state index contributed by atoms with van der Waals surface area (Å²) < 4.78 is 41.6. The summed E-state index contributed by atoms with van der Waals surface area (Å²) in [7, 11) is 0. The van der Waals surface area contributed by atoms with Gasteiger partial charge in [0.2, 0.25) is 0 Å². The van der Waals surface area contributed by atoms with Gasteiger partial charge in [-0.05, 0) is 72.9 Å². The van der Waals surface area contributed by atoms with E-state index in [0.717, 1.165) is 16.6 Å². The molecule has 4 rings (SSSR count). The lowest BCUT2D eigenvalue weighted by Crippen LogP contribution is -2.54. The van der Waals surface area contributed by atoms with E-state index in [1.54, 1.807) is 42.6 Å². The molecule has 1 fully saturated rings. The van der Waals surface area contributed by atoms with Crippen molar-refractivity contribution in [2.45, 2.75) is 6.18 Å². The van der Waals surface area contributed by atoms with Gasteiger partial charge in [-0.3, -0.25) is 19.8 Å². The molecule has 1 saturated heterocycles. The quantitative estimate of drug-likeness (QED) is 0.298. The standard InChI is InChI=1S/C22H13BrF3N3O2S/c23-14-6-8-15(9-7-14)29-20(31)18(19(30)27-21(29)32)12-17-5-2-10-28(17)16-4-1-3-13(11-16)22(24,25)26/h1-12H,(H,27,30,32)/b18-12-. The Morgan fingerprint density at radius 2 is 1.69 bits per heavy atom. The molecule has 10 heteroatoms. The number of aromatic nitrogens is 1. The smallest absolute Gasteiger partial charge is 0.317 e. The second kappa shape index (κ2) is 8.36. The molecule has 0 bridgehead atoms. The topological polar surface area (TPSA) is 54.3 Å². The number of thiocarbonyl (C=S) groups is 1. The minimum Gasteiger partial charge on any atom is -0.317 e. The number of nitrogens with zero attached hydrogens (tertiary/aromatic N) is 2. The number of halogens is 4. The lowest BCUT2D eigenvalue weighted by Gasteiger charge is -2.29. The highest BCUT2D eigenvalue weighted by molar-refractivity contribution is 9.10. The number of benzene rings is 2. The first-order valence-electron chi connectivity index (χ1n) is 9.17. The summed E-state index contributed by atoms with van der Waals surface area (Å²) in [6, 6.07) is 14.7. The SMILES string of the molecule is O=C1NC(=S)N(c2ccc(Br)cc2)C(=O)/C1=C\c1cccn1-c1cccc(C(F)(F)F)c1. The van der Waals surface area contributed by atoms with Crippen molar-refractivity contribution in [1.29, 1.82) is 0 Å². The van der Waals surface area contributed by atoms with Crippen LogP contribution in [0.25, 0.3) is 11.8 Å². The Bertz CT molecular complexity index is 1270. The first-order chi connectivity index (χ1) is 15.1. The van der Waals surface area contributed by atoms with Gasteiger partial charge in [0.15, 0.2) is 5.11 Å². The molecule has 2 heterocycles. The summed E-state index contributed by atoms with van der Waals surface area (Å²) in [5.41, 5.74) is 0.0448. The van der Waals surface area contributed by atoms with Crippen molar-refractivity contribution in [3.8, 4) is 5.69 Å². The monoisotopic (exact) mass is 519 g/mol. The molecule has 2 aromatic carbocycles. The van der Waals surface area contributed by atoms with Crippen molar-refractivity contribution in [1.82, 2.24) is 9.88 Å². The highest BCUT2D eigenvalue weighted by atomic mass is 79.9. The molecular weight excluding hydrogens is 507 g/mol. The van der Waals surface area contributed by atoms with Gasteiger partial charge in [-0.1, -0.05) is 22.0 Å². The predicted octanol–water partition coefficient (Wildman–Crippen LogP) is 5.09. The van der Waals surface area contributed by atoms with E-state index in [-0.39, 0.29) is 16.4 Å². The molecule has 0 spiro atoms. The van der Waals surface area contributed by atoms with Crippen molar-refractivity contribution in [2.75, 3.05) is 4.90 Å². The van der Waals surface area contributed by atoms with Gasteiger partial charge in [0.25, 0.3) is 11.8 Å². The Morgan fingerprint density at radius 1 is 0.969 bits per heavy atom. The van der Waals surface area contributed by atoms with Crippen LogP contribution < -0.4 is 10.2 Å². The van der Waals surface area contributed by atoms with Gasteiger partial charge in [0.05, 0.1) is 11.3 Å². The minimum absolute atomic E-state index is 0.0623. The molecule has 0 aliphatic carbocycles. The maximum absolute atomic E-state index is 13.1. The van der Waals surface area contributed by atoms with Crippen LogP contribution in [0.2, 0.25) is 0 Å². The number of hydrogen-bond donors (Lipinski definition) is 1. The van der Waals surface area contributed by atoms with E-state index >= 15 is 0 Å². The largest absolute Gasteiger partial charge is 0.416 e. The van der Waals surface area contributed by atoms with Gasteiger partial charge in [-0.2, -0.15) is 13.2 Å². The number of carbonyl (C=O) groups excluding carboxylic acids is 2. The summed E-state index contributed by atoms with van der Waals surface area (Å²) in [5.74, 6) is -1.33. The molecule has 0 unspecified atom stereocenters. The molecular formula is C22H13BrF3N3O2S. The van der Waals surface area contributed by atoms with E-state index < -0.39 is 23.6 Å². The van der Waals surface area contributed by atoms with Gasteiger partial charge in [-0.25, -0.2) is 0 Å². The van der Waals surface area contributed by atoms with Crippen molar-refractivity contribution >= 4 is 56.8 Å². The van der Waals surface area contributed by atoms with Gasteiger partial charge in [-0.15, -0.1) is 0 Å². The maximum atomic E-state index is 13.1. The number of rotatable bonds is 3. The molecule has 0 saturated carbocycles. The van der Waals surface area contributed by atoms with Gasteiger partial charge in [0.1, 0.15) is 5.57 Å². The van der Waals surface area contributed by atoms with Crippen molar-refractivity contribution in [3.63, 3.8) is 0 Å². The summed E-state index contributed by atoms with van der Waals surface area (Å²) in [6.07, 6.45) is -1.63. The molecule has 32 heavy (non-hydrogen) atoms. The van der Waals surface area contributed by atoms with Crippen molar-refractivity contribution in [3.05, 3.63) is 88.2 Å². The molecule has 1 aromatic heterocycles. The average Bonchev–Trinajstić information content (AvgIpc) is 3.20. The number of amides is 2. The molecule has 1 aliphatic heterocycles. The zero-order valence-corrected chi connectivity index (χ0v) is 18.5. The molecule has 3 aromatic rings. The van der Waals surface area contributed by atoms with Crippen LogP contribution >= 0.6 is 28.1 Å². The number of carbonyl (C=O) groups is 2. The van der Waals surface area contributed by atoms with Gasteiger partial charge < -0.3 is 4.57 Å². The molecule has 2 amide bonds. The molecule has 162 valence electrons. The third-order valence-corrected chi connectivity index (χ3v) is 5.52. The second-order valence-corrected chi connectivity index (χ2v) is 8.09. The average molecular weight is 520 g/mol. The fraction of sp³-hybridized carbons (Fsp3) is 0.0455. The summed E-state index contributed by atoms with van der Waals surface area (Å²) >= 11 is 8.49. The zero-order valence-electron chi connectivity index (χ0n) is 16.1. The number of hydrogen-bond acceptors (Lipinski definition) is 3. The fourth-order valence-electron chi connectivity index (χ4n) is 3.21. The maximum Gasteiger partial charge on any atom is 0.416 e. The minimum atomic E-state index is -4.50. The van der Waals surface area contributed by atoms with E-state index in [9.17, 15) is 22.8 Å². The Labute approximate surface area is 194 Å². The van der Waals surface area contributed by atoms with Gasteiger partial charge in [0, 0.05) is 22.1 Å². The van der Waals surface area contributed by atoms with Gasteiger partial charge >= 0.3 is 6.18 Å². The van der Waals surface area contributed by atoms with Crippen LogP contribution in [0.5, 0.6) is 0 Å². The number of alkyl halides is 3. The van der Waals surface area contributed by atoms with Crippen LogP contribution in [-0.2, 0) is 15.8 Å². The summed E-state index contributed by atoms with van der Waals surface area (Å²) in [5, 5.41) is 2.42. The van der Waals surface area contributed by atoms with Crippen LogP contribution in [-0.4, -0.2) is 21.5 Å². The Kier molecular flexibility index (Phi) is 5.74. The first kappa shape index (κ1) is 22.0. The van der Waals surface area contributed by atoms with E-state index in [0.29, 0.717) is 11.4 Å². The van der Waals surface area contributed by atoms with E-state index in [2.05, 4.69) is 21.2 Å². The highest BCUT2D eigenvalue weighted by Crippen LogP contribution is 2.31. The normalized spacial score (nSPS) is 15.9. The Morgan fingerprint density at radius 3 is 2.38 bits per heavy atom. The second-order valence-electron chi connectivity index (χ2n) is 6.79. The highest BCUT2D eigenvalue weighted by Gasteiger charge is 2.35. The van der Waals surface area contributed by atoms with E-state index in [4.69, 9.17) is 12.2 Å². The number of anilines is 1. The molecule has 5 nitrogen and oxygen atoms in total. The van der Waals surface area contributed by atoms with Crippen LogP contribution in [0.1, 0.15) is 11.3 Å². The Balaban J connectivity index is 1.74. The van der Waals surface area contributed by atoms with Crippen molar-refractivity contribution < 1.29 is 22.8 Å². The third kappa shape index (κ3) is 4.23. The molecule has 1 aliphatic rings. The Hall–Kier alpha value is -3.24. The predicted molar refractivity (Wildman–Crippen MR) is 121 cm³/mol. The van der Waals surface area contributed by atoms with Crippen molar-refractivity contribution in [2.24, 2.45) is 0 Å². The molecule has 0 radical (unpaired) electrons. The summed E-state index contributed by atoms with van der Waals surface area (Å²) in [4.78, 5) is 26.8. The lowest BCUT2D eigenvalue weighted by molar-refractivity contribution is -0.137. The molecule has 0 atom stereocenters. The van der Waals surface area contributed by atoms with E-state index in [1.807, 2.05) is 0 Å². The zero-order chi connectivity index (χ0) is 23.0. The van der Waals surface area contributed by atoms with E-state index in [1.165, 1.54) is 27.7 Å². The third-order valence-electron chi connectivity index (χ3n) is 4.71. The fourth-order valence-corrected chi connectivity index (χ4v) is 3.75.